The largest absolute Gasteiger partial charge is 0.493 e. The van der Waals surface area contributed by atoms with Gasteiger partial charge in [-0.1, -0.05) is 32.0 Å². The maximum Gasteiger partial charge on any atom is 0.124 e. The van der Waals surface area contributed by atoms with Crippen molar-refractivity contribution in [2.75, 3.05) is 19.8 Å². The molecule has 108 valence electrons. The molecule has 1 aromatic carbocycles. The van der Waals surface area contributed by atoms with E-state index in [2.05, 4.69) is 25.3 Å². The van der Waals surface area contributed by atoms with Crippen molar-refractivity contribution in [3.8, 4) is 5.75 Å². The summed E-state index contributed by atoms with van der Waals surface area (Å²) in [7, 11) is 0. The Hall–Kier alpha value is -1.10. The third kappa shape index (κ3) is 5.59. The Morgan fingerprint density at radius 3 is 2.53 bits per heavy atom. The molecule has 1 atom stereocenters. The van der Waals surface area contributed by atoms with Crippen molar-refractivity contribution in [1.82, 2.24) is 5.43 Å². The molecular formula is C15H26N2O2. The summed E-state index contributed by atoms with van der Waals surface area (Å²) in [5.41, 5.74) is 3.95. The number of hydrogen-bond donors (Lipinski definition) is 2. The summed E-state index contributed by atoms with van der Waals surface area (Å²) in [4.78, 5) is 0. The van der Waals surface area contributed by atoms with Crippen molar-refractivity contribution in [2.24, 2.45) is 5.84 Å². The van der Waals surface area contributed by atoms with Crippen LogP contribution in [0.25, 0.3) is 0 Å². The van der Waals surface area contributed by atoms with Gasteiger partial charge >= 0.3 is 0 Å². The smallest absolute Gasteiger partial charge is 0.124 e. The normalized spacial score (nSPS) is 12.4. The third-order valence-electron chi connectivity index (χ3n) is 2.86. The van der Waals surface area contributed by atoms with Gasteiger partial charge in [-0.15, -0.1) is 0 Å². The molecular weight excluding hydrogens is 240 g/mol. The summed E-state index contributed by atoms with van der Waals surface area (Å²) in [6.07, 6.45) is 2.87. The second-order valence-corrected chi connectivity index (χ2v) is 4.51. The molecule has 0 amide bonds. The van der Waals surface area contributed by atoms with Crippen molar-refractivity contribution in [1.29, 1.82) is 0 Å². The first-order valence-electron chi connectivity index (χ1n) is 7.09. The van der Waals surface area contributed by atoms with E-state index in [1.54, 1.807) is 0 Å². The Labute approximate surface area is 116 Å². The molecule has 1 aromatic rings. The predicted octanol–water partition coefficient (Wildman–Crippen LogP) is 2.80. The van der Waals surface area contributed by atoms with Crippen LogP contribution in [0.4, 0.5) is 0 Å². The van der Waals surface area contributed by atoms with Gasteiger partial charge in [0.1, 0.15) is 5.75 Å². The van der Waals surface area contributed by atoms with Gasteiger partial charge in [-0.25, -0.2) is 0 Å². The van der Waals surface area contributed by atoms with E-state index >= 15 is 0 Å². The van der Waals surface area contributed by atoms with Gasteiger partial charge in [0, 0.05) is 18.8 Å². The Morgan fingerprint density at radius 1 is 1.11 bits per heavy atom. The van der Waals surface area contributed by atoms with E-state index in [0.29, 0.717) is 6.61 Å². The molecule has 0 aliphatic heterocycles. The van der Waals surface area contributed by atoms with Crippen LogP contribution < -0.4 is 16.0 Å². The summed E-state index contributed by atoms with van der Waals surface area (Å²) in [6.45, 7) is 6.42. The molecule has 0 aliphatic carbocycles. The van der Waals surface area contributed by atoms with Crippen LogP contribution in [0.5, 0.6) is 5.75 Å². The van der Waals surface area contributed by atoms with Crippen LogP contribution in [0.2, 0.25) is 0 Å². The standard InChI is InChI=1S/C15H26N2O2/c1-3-10-18-12-9-14(17-16)13-7-5-6-8-15(13)19-11-4-2/h5-8,14,17H,3-4,9-12,16H2,1-2H3. The number of ether oxygens (including phenoxy) is 2. The molecule has 0 saturated carbocycles. The molecule has 0 heterocycles. The molecule has 3 N–H and O–H groups in total. The molecule has 0 saturated heterocycles. The number of benzene rings is 1. The highest BCUT2D eigenvalue weighted by molar-refractivity contribution is 5.35. The summed E-state index contributed by atoms with van der Waals surface area (Å²) in [6, 6.07) is 8.09. The van der Waals surface area contributed by atoms with Crippen molar-refractivity contribution >= 4 is 0 Å². The molecule has 1 unspecified atom stereocenters. The van der Waals surface area contributed by atoms with E-state index in [9.17, 15) is 0 Å². The first-order chi connectivity index (χ1) is 9.33. The fourth-order valence-electron chi connectivity index (χ4n) is 1.89. The minimum Gasteiger partial charge on any atom is -0.493 e. The van der Waals surface area contributed by atoms with E-state index in [4.69, 9.17) is 15.3 Å². The van der Waals surface area contributed by atoms with Crippen LogP contribution in [-0.2, 0) is 4.74 Å². The van der Waals surface area contributed by atoms with E-state index in [0.717, 1.165) is 43.8 Å². The van der Waals surface area contributed by atoms with Crippen LogP contribution in [0.3, 0.4) is 0 Å². The Morgan fingerprint density at radius 2 is 1.84 bits per heavy atom. The lowest BCUT2D eigenvalue weighted by Crippen LogP contribution is -2.29. The van der Waals surface area contributed by atoms with E-state index in [1.165, 1.54) is 0 Å². The number of hydrazine groups is 1. The van der Waals surface area contributed by atoms with Crippen LogP contribution in [0.15, 0.2) is 24.3 Å². The van der Waals surface area contributed by atoms with Crippen LogP contribution in [0.1, 0.15) is 44.7 Å². The summed E-state index contributed by atoms with van der Waals surface area (Å²) >= 11 is 0. The van der Waals surface area contributed by atoms with Crippen LogP contribution >= 0.6 is 0 Å². The van der Waals surface area contributed by atoms with Gasteiger partial charge in [-0.3, -0.25) is 11.3 Å². The molecule has 0 fully saturated rings. The topological polar surface area (TPSA) is 56.5 Å². The van der Waals surface area contributed by atoms with Crippen molar-refractivity contribution in [3.63, 3.8) is 0 Å². The highest BCUT2D eigenvalue weighted by atomic mass is 16.5. The number of hydrogen-bond acceptors (Lipinski definition) is 4. The molecule has 0 bridgehead atoms. The molecule has 0 radical (unpaired) electrons. The van der Waals surface area contributed by atoms with Gasteiger partial charge in [-0.2, -0.15) is 0 Å². The van der Waals surface area contributed by atoms with E-state index < -0.39 is 0 Å². The number of nitrogens with one attached hydrogen (secondary N) is 1. The fourth-order valence-corrected chi connectivity index (χ4v) is 1.89. The van der Waals surface area contributed by atoms with Crippen molar-refractivity contribution < 1.29 is 9.47 Å². The zero-order valence-corrected chi connectivity index (χ0v) is 12.0. The van der Waals surface area contributed by atoms with Crippen molar-refractivity contribution in [3.05, 3.63) is 29.8 Å². The zero-order chi connectivity index (χ0) is 13.9. The summed E-state index contributed by atoms with van der Waals surface area (Å²) < 4.78 is 11.3. The second-order valence-electron chi connectivity index (χ2n) is 4.51. The lowest BCUT2D eigenvalue weighted by atomic mass is 10.0. The maximum absolute atomic E-state index is 5.76. The van der Waals surface area contributed by atoms with Gasteiger partial charge in [0.15, 0.2) is 0 Å². The minimum absolute atomic E-state index is 0.0601. The molecule has 1 rings (SSSR count). The van der Waals surface area contributed by atoms with E-state index in [-0.39, 0.29) is 6.04 Å². The lowest BCUT2D eigenvalue weighted by molar-refractivity contribution is 0.124. The zero-order valence-electron chi connectivity index (χ0n) is 12.0. The molecule has 19 heavy (non-hydrogen) atoms. The number of nitrogens with two attached hydrogens (primary N) is 1. The maximum atomic E-state index is 5.76. The quantitative estimate of drug-likeness (QED) is 0.388. The van der Waals surface area contributed by atoms with Crippen molar-refractivity contribution in [2.45, 2.75) is 39.2 Å². The number of rotatable bonds is 10. The highest BCUT2D eigenvalue weighted by Crippen LogP contribution is 2.26. The SMILES string of the molecule is CCCOCCC(NN)c1ccccc1OCCC. The lowest BCUT2D eigenvalue weighted by Gasteiger charge is -2.19. The van der Waals surface area contributed by atoms with Gasteiger partial charge in [0.05, 0.1) is 12.6 Å². The second kappa shape index (κ2) is 9.78. The monoisotopic (exact) mass is 266 g/mol. The number of para-hydroxylation sites is 1. The molecule has 0 spiro atoms. The van der Waals surface area contributed by atoms with Gasteiger partial charge in [0.2, 0.25) is 0 Å². The van der Waals surface area contributed by atoms with Gasteiger partial charge in [0.25, 0.3) is 0 Å². The molecule has 4 nitrogen and oxygen atoms in total. The average molecular weight is 266 g/mol. The van der Waals surface area contributed by atoms with Crippen LogP contribution in [-0.4, -0.2) is 19.8 Å². The molecule has 0 aliphatic rings. The Kier molecular flexibility index (Phi) is 8.21. The average Bonchev–Trinajstić information content (AvgIpc) is 2.46. The predicted molar refractivity (Wildman–Crippen MR) is 78.0 cm³/mol. The fraction of sp³-hybridized carbons (Fsp3) is 0.600. The van der Waals surface area contributed by atoms with Gasteiger partial charge in [-0.05, 0) is 25.3 Å². The minimum atomic E-state index is 0.0601. The first-order valence-corrected chi connectivity index (χ1v) is 7.09. The highest BCUT2D eigenvalue weighted by Gasteiger charge is 2.14. The summed E-state index contributed by atoms with van der Waals surface area (Å²) in [5, 5.41) is 0. The Bertz CT molecular complexity index is 345. The third-order valence-corrected chi connectivity index (χ3v) is 2.86. The Balaban J connectivity index is 2.62. The van der Waals surface area contributed by atoms with Gasteiger partial charge < -0.3 is 9.47 Å². The molecule has 4 heteroatoms. The molecule has 0 aromatic heterocycles. The summed E-state index contributed by atoms with van der Waals surface area (Å²) in [5.74, 6) is 6.56. The first kappa shape index (κ1) is 16.0. The van der Waals surface area contributed by atoms with Crippen LogP contribution in [0, 0.1) is 0 Å². The van der Waals surface area contributed by atoms with E-state index in [1.807, 2.05) is 18.2 Å².